The summed E-state index contributed by atoms with van der Waals surface area (Å²) in [5.41, 5.74) is 1.17. The number of carbonyl (C=O) groups is 1. The van der Waals surface area contributed by atoms with Crippen LogP contribution in [0.25, 0.3) is 11.4 Å². The predicted octanol–water partition coefficient (Wildman–Crippen LogP) is 5.61. The highest BCUT2D eigenvalue weighted by atomic mass is 35.5. The van der Waals surface area contributed by atoms with Gasteiger partial charge in [-0.1, -0.05) is 58.5 Å². The number of benzene rings is 1. The van der Waals surface area contributed by atoms with Crippen LogP contribution in [0.4, 0.5) is 5.69 Å². The zero-order chi connectivity index (χ0) is 19.1. The van der Waals surface area contributed by atoms with Crippen LogP contribution in [0, 0.1) is 0 Å². The van der Waals surface area contributed by atoms with Crippen LogP contribution in [0.5, 0.6) is 0 Å². The highest BCUT2D eigenvalue weighted by Gasteiger charge is 2.27. The van der Waals surface area contributed by atoms with Crippen molar-refractivity contribution in [3.8, 4) is 11.4 Å². The summed E-state index contributed by atoms with van der Waals surface area (Å²) in [5, 5.41) is 9.72. The lowest BCUT2D eigenvalue weighted by molar-refractivity contribution is 0.102. The number of halogens is 4. The number of nitrogens with zero attached hydrogens (tertiary/aromatic N) is 3. The van der Waals surface area contributed by atoms with E-state index in [1.807, 2.05) is 6.07 Å². The van der Waals surface area contributed by atoms with Crippen LogP contribution in [0.3, 0.4) is 0 Å². The first-order valence-electron chi connectivity index (χ1n) is 7.98. The van der Waals surface area contributed by atoms with Crippen molar-refractivity contribution in [2.75, 3.05) is 5.32 Å². The lowest BCUT2D eigenvalue weighted by Gasteiger charge is -2.09. The second-order valence-corrected chi connectivity index (χ2v) is 7.54. The summed E-state index contributed by atoms with van der Waals surface area (Å²) in [6, 6.07) is 7.12. The summed E-state index contributed by atoms with van der Waals surface area (Å²) in [7, 11) is 0. The largest absolute Gasteiger partial charge is 0.321 e. The van der Waals surface area contributed by atoms with Gasteiger partial charge in [-0.15, -0.1) is 0 Å². The fourth-order valence-corrected chi connectivity index (χ4v) is 3.32. The number of anilines is 1. The third-order valence-corrected chi connectivity index (χ3v) is 5.72. The van der Waals surface area contributed by atoms with Gasteiger partial charge < -0.3 is 5.32 Å². The van der Waals surface area contributed by atoms with E-state index in [9.17, 15) is 4.79 Å². The molecule has 1 amide bonds. The van der Waals surface area contributed by atoms with Gasteiger partial charge in [-0.3, -0.25) is 9.89 Å². The predicted molar refractivity (Wildman–Crippen MR) is 106 cm³/mol. The van der Waals surface area contributed by atoms with E-state index in [2.05, 4.69) is 25.5 Å². The number of hydrogen-bond donors (Lipinski definition) is 2. The monoisotopic (exact) mass is 441 g/mol. The van der Waals surface area contributed by atoms with E-state index in [1.165, 1.54) is 0 Å². The molecule has 138 valence electrons. The molecule has 0 atom stereocenters. The average Bonchev–Trinajstić information content (AvgIpc) is 3.40. The Kier molecular flexibility index (Phi) is 4.99. The topological polar surface area (TPSA) is 83.6 Å². The molecule has 27 heavy (non-hydrogen) atoms. The molecule has 6 nitrogen and oxygen atoms in total. The molecular weight excluding hydrogens is 432 g/mol. The molecule has 0 aliphatic heterocycles. The molecule has 0 unspecified atom stereocenters. The van der Waals surface area contributed by atoms with Crippen LogP contribution in [0.1, 0.15) is 35.1 Å². The Morgan fingerprint density at radius 2 is 1.85 bits per heavy atom. The molecule has 0 bridgehead atoms. The molecule has 2 N–H and O–H groups in total. The molecule has 10 heteroatoms. The summed E-state index contributed by atoms with van der Waals surface area (Å²) >= 11 is 23.8. The van der Waals surface area contributed by atoms with Crippen LogP contribution in [-0.2, 0) is 0 Å². The second-order valence-electron chi connectivity index (χ2n) is 6.05. The van der Waals surface area contributed by atoms with Crippen molar-refractivity contribution in [2.24, 2.45) is 0 Å². The summed E-state index contributed by atoms with van der Waals surface area (Å²) in [6.45, 7) is 0. The van der Waals surface area contributed by atoms with Crippen LogP contribution < -0.4 is 5.32 Å². The fraction of sp³-hybridized carbons (Fsp3) is 0.176. The lowest BCUT2D eigenvalue weighted by Crippen LogP contribution is -2.15. The summed E-state index contributed by atoms with van der Waals surface area (Å²) in [6.07, 6.45) is 2.26. The molecule has 0 saturated heterocycles. The Hall–Kier alpha value is -1.86. The first-order valence-corrected chi connectivity index (χ1v) is 9.49. The van der Waals surface area contributed by atoms with Crippen molar-refractivity contribution < 1.29 is 4.79 Å². The molecule has 1 aliphatic carbocycles. The van der Waals surface area contributed by atoms with E-state index < -0.39 is 5.91 Å². The molecule has 4 rings (SSSR count). The van der Waals surface area contributed by atoms with E-state index in [0.29, 0.717) is 17.4 Å². The van der Waals surface area contributed by atoms with Crippen LogP contribution in [0.15, 0.2) is 24.3 Å². The van der Waals surface area contributed by atoms with Gasteiger partial charge >= 0.3 is 0 Å². The average molecular weight is 443 g/mol. The molecule has 0 radical (unpaired) electrons. The third kappa shape index (κ3) is 3.75. The lowest BCUT2D eigenvalue weighted by atomic mass is 10.2. The Bertz CT molecular complexity index is 1050. The highest BCUT2D eigenvalue weighted by Crippen LogP contribution is 2.38. The van der Waals surface area contributed by atoms with Crippen molar-refractivity contribution in [3.05, 3.63) is 56.0 Å². The van der Waals surface area contributed by atoms with Crippen LogP contribution >= 0.6 is 46.4 Å². The minimum atomic E-state index is -0.564. The standard InChI is InChI=1S/C17H11Cl4N5O/c18-10-11(19)13(23-14(21)12(10)20)17(27)22-9-3-1-2-8(6-9)16-24-15(25-26-16)7-4-5-7/h1-3,6-7H,4-5H2,(H,22,27)(H,24,25,26). The van der Waals surface area contributed by atoms with E-state index in [0.717, 1.165) is 24.2 Å². The van der Waals surface area contributed by atoms with Crippen molar-refractivity contribution >= 4 is 58.0 Å². The van der Waals surface area contributed by atoms with Gasteiger partial charge in [0.15, 0.2) is 5.82 Å². The molecule has 1 saturated carbocycles. The van der Waals surface area contributed by atoms with Crippen molar-refractivity contribution in [2.45, 2.75) is 18.8 Å². The number of aromatic nitrogens is 4. The third-order valence-electron chi connectivity index (χ3n) is 4.04. The van der Waals surface area contributed by atoms with Crippen LogP contribution in [-0.4, -0.2) is 26.1 Å². The van der Waals surface area contributed by atoms with Crippen molar-refractivity contribution in [3.63, 3.8) is 0 Å². The Balaban J connectivity index is 1.58. The number of hydrogen-bond acceptors (Lipinski definition) is 4. The molecule has 1 fully saturated rings. The van der Waals surface area contributed by atoms with Gasteiger partial charge in [-0.25, -0.2) is 9.97 Å². The van der Waals surface area contributed by atoms with Gasteiger partial charge in [0, 0.05) is 17.2 Å². The Morgan fingerprint density at radius 1 is 1.07 bits per heavy atom. The molecular formula is C17H11Cl4N5O. The second kappa shape index (κ2) is 7.28. The van der Waals surface area contributed by atoms with E-state index in [1.54, 1.807) is 18.2 Å². The summed E-state index contributed by atoms with van der Waals surface area (Å²) in [4.78, 5) is 21.0. The number of aromatic amines is 1. The van der Waals surface area contributed by atoms with Crippen molar-refractivity contribution in [1.82, 2.24) is 20.2 Å². The van der Waals surface area contributed by atoms with Crippen molar-refractivity contribution in [1.29, 1.82) is 0 Å². The first kappa shape index (κ1) is 18.5. The number of nitrogens with one attached hydrogen (secondary N) is 2. The Morgan fingerprint density at radius 3 is 2.59 bits per heavy atom. The minimum Gasteiger partial charge on any atom is -0.321 e. The molecule has 2 aromatic heterocycles. The normalized spacial score (nSPS) is 13.6. The maximum atomic E-state index is 12.5. The highest BCUT2D eigenvalue weighted by molar-refractivity contribution is 6.52. The van der Waals surface area contributed by atoms with E-state index >= 15 is 0 Å². The molecule has 3 aromatic rings. The number of rotatable bonds is 4. The number of amides is 1. The molecule has 0 spiro atoms. The number of H-pyrrole nitrogens is 1. The van der Waals surface area contributed by atoms with Gasteiger partial charge in [0.1, 0.15) is 16.7 Å². The quantitative estimate of drug-likeness (QED) is 0.514. The van der Waals surface area contributed by atoms with E-state index in [4.69, 9.17) is 46.4 Å². The number of pyridine rings is 1. The first-order chi connectivity index (χ1) is 12.9. The zero-order valence-corrected chi connectivity index (χ0v) is 16.6. The summed E-state index contributed by atoms with van der Waals surface area (Å²) < 4.78 is 0. The van der Waals surface area contributed by atoms with Gasteiger partial charge in [0.05, 0.1) is 15.1 Å². The van der Waals surface area contributed by atoms with E-state index in [-0.39, 0.29) is 25.9 Å². The van der Waals surface area contributed by atoms with Crippen LogP contribution in [0.2, 0.25) is 20.2 Å². The fourth-order valence-electron chi connectivity index (χ4n) is 2.51. The van der Waals surface area contributed by atoms with Gasteiger partial charge in [0.2, 0.25) is 0 Å². The van der Waals surface area contributed by atoms with Gasteiger partial charge in [0.25, 0.3) is 5.91 Å². The van der Waals surface area contributed by atoms with Gasteiger partial charge in [-0.2, -0.15) is 5.10 Å². The molecule has 1 aliphatic rings. The molecule has 1 aromatic carbocycles. The minimum absolute atomic E-state index is 0.00189. The maximum absolute atomic E-state index is 12.5. The SMILES string of the molecule is O=C(Nc1cccc(-c2n[nH]c(C3CC3)n2)c1)c1nc(Cl)c(Cl)c(Cl)c1Cl. The zero-order valence-electron chi connectivity index (χ0n) is 13.6. The maximum Gasteiger partial charge on any atom is 0.275 e. The Labute approximate surface area is 174 Å². The smallest absolute Gasteiger partial charge is 0.275 e. The summed E-state index contributed by atoms with van der Waals surface area (Å²) in [5.74, 6) is 1.37. The molecule has 2 heterocycles. The van der Waals surface area contributed by atoms with Gasteiger partial charge in [-0.05, 0) is 25.0 Å². The number of carbonyl (C=O) groups excluding carboxylic acids is 1.